The van der Waals surface area contributed by atoms with Crippen molar-refractivity contribution >= 4 is 11.9 Å². The molecule has 1 spiro atoms. The number of amides is 1. The van der Waals surface area contributed by atoms with E-state index in [0.717, 1.165) is 43.1 Å². The summed E-state index contributed by atoms with van der Waals surface area (Å²) in [5.41, 5.74) is 2.79. The van der Waals surface area contributed by atoms with Crippen molar-refractivity contribution in [1.29, 1.82) is 0 Å². The zero-order valence-corrected chi connectivity index (χ0v) is 19.1. The molecule has 1 fully saturated rings. The van der Waals surface area contributed by atoms with Crippen molar-refractivity contribution in [2.75, 3.05) is 13.1 Å². The summed E-state index contributed by atoms with van der Waals surface area (Å²) >= 11 is 0. The highest BCUT2D eigenvalue weighted by Gasteiger charge is 2.43. The van der Waals surface area contributed by atoms with Gasteiger partial charge in [-0.2, -0.15) is 0 Å². The molecule has 1 amide bonds. The molecule has 170 valence electrons. The first kappa shape index (κ1) is 22.2. The molecular formula is C26H34N4O2. The first-order chi connectivity index (χ1) is 15.6. The quantitative estimate of drug-likeness (QED) is 0.467. The van der Waals surface area contributed by atoms with Gasteiger partial charge in [0, 0.05) is 30.6 Å². The number of benzene rings is 2. The zero-order valence-electron chi connectivity index (χ0n) is 19.1. The maximum absolute atomic E-state index is 12.2. The lowest BCUT2D eigenvalue weighted by Crippen LogP contribution is -2.46. The Bertz CT molecular complexity index is 966. The summed E-state index contributed by atoms with van der Waals surface area (Å²) in [5, 5.41) is 9.91. The predicted molar refractivity (Wildman–Crippen MR) is 128 cm³/mol. The molecule has 0 aromatic heterocycles. The van der Waals surface area contributed by atoms with Crippen LogP contribution in [-0.4, -0.2) is 30.6 Å². The summed E-state index contributed by atoms with van der Waals surface area (Å²) in [4.78, 5) is 17.0. The van der Waals surface area contributed by atoms with E-state index < -0.39 is 0 Å². The summed E-state index contributed by atoms with van der Waals surface area (Å²) < 4.78 is 6.50. The van der Waals surface area contributed by atoms with Crippen LogP contribution < -0.4 is 20.7 Å². The van der Waals surface area contributed by atoms with Crippen molar-refractivity contribution in [3.63, 3.8) is 0 Å². The average molecular weight is 435 g/mol. The second kappa shape index (κ2) is 10.1. The fourth-order valence-electron chi connectivity index (χ4n) is 4.80. The van der Waals surface area contributed by atoms with Gasteiger partial charge < -0.3 is 20.7 Å². The largest absolute Gasteiger partial charge is 0.487 e. The minimum absolute atomic E-state index is 0.0518. The molecule has 1 aliphatic heterocycles. The first-order valence-corrected chi connectivity index (χ1v) is 11.8. The molecular weight excluding hydrogens is 400 g/mol. The van der Waals surface area contributed by atoms with Crippen molar-refractivity contribution in [3.05, 3.63) is 65.2 Å². The molecule has 0 radical (unpaired) electrons. The Hall–Kier alpha value is -3.02. The molecule has 1 aliphatic carbocycles. The van der Waals surface area contributed by atoms with Crippen LogP contribution in [0.3, 0.4) is 0 Å². The van der Waals surface area contributed by atoms with Gasteiger partial charge in [-0.05, 0) is 63.3 Å². The summed E-state index contributed by atoms with van der Waals surface area (Å²) in [6.07, 6.45) is 5.62. The molecule has 3 N–H and O–H groups in total. The molecule has 0 bridgehead atoms. The number of carbonyl (C=O) groups excluding carboxylic acids is 1. The maximum Gasteiger partial charge on any atom is 0.251 e. The summed E-state index contributed by atoms with van der Waals surface area (Å²) in [6, 6.07) is 16.2. The minimum atomic E-state index is -0.0652. The highest BCUT2D eigenvalue weighted by atomic mass is 16.5. The number of rotatable bonds is 6. The third kappa shape index (κ3) is 5.06. The van der Waals surface area contributed by atoms with Crippen LogP contribution in [0.25, 0.3) is 0 Å². The zero-order chi connectivity index (χ0) is 22.4. The molecule has 4 rings (SSSR count). The number of fused-ring (bicyclic) bond motifs is 1. The number of hydrogen-bond acceptors (Lipinski definition) is 3. The Morgan fingerprint density at radius 3 is 2.62 bits per heavy atom. The normalized spacial score (nSPS) is 19.2. The average Bonchev–Trinajstić information content (AvgIpc) is 3.25. The van der Waals surface area contributed by atoms with Crippen molar-refractivity contribution in [2.24, 2.45) is 4.99 Å². The molecule has 2 aromatic carbocycles. The van der Waals surface area contributed by atoms with Crippen LogP contribution in [-0.2, 0) is 6.54 Å². The SMILES string of the molecule is CCNC(=O)c1cccc(CN=C(NCC)NC2CC3(CCCC3)Oc3ccccc32)c1. The van der Waals surface area contributed by atoms with E-state index in [9.17, 15) is 4.79 Å². The van der Waals surface area contributed by atoms with Gasteiger partial charge in [-0.1, -0.05) is 30.3 Å². The lowest BCUT2D eigenvalue weighted by atomic mass is 9.86. The van der Waals surface area contributed by atoms with Crippen molar-refractivity contribution in [3.8, 4) is 5.75 Å². The van der Waals surface area contributed by atoms with E-state index in [1.54, 1.807) is 0 Å². The highest BCUT2D eigenvalue weighted by Crippen LogP contribution is 2.46. The van der Waals surface area contributed by atoms with E-state index in [0.29, 0.717) is 18.7 Å². The molecule has 6 nitrogen and oxygen atoms in total. The van der Waals surface area contributed by atoms with Gasteiger partial charge in [0.05, 0.1) is 12.6 Å². The standard InChI is InChI=1S/C26H34N4O2/c1-3-27-24(31)20-11-9-10-19(16-20)18-29-25(28-4-2)30-22-17-26(14-7-8-15-26)32-23-13-6-5-12-21(22)23/h5-6,9-13,16,22H,3-4,7-8,14-15,17-18H2,1-2H3,(H,27,31)(H2,28,29,30). The third-order valence-corrected chi connectivity index (χ3v) is 6.31. The van der Waals surface area contributed by atoms with Gasteiger partial charge in [0.25, 0.3) is 5.91 Å². The van der Waals surface area contributed by atoms with E-state index in [-0.39, 0.29) is 17.6 Å². The van der Waals surface area contributed by atoms with Gasteiger partial charge in [0.1, 0.15) is 11.4 Å². The molecule has 0 saturated heterocycles. The fraction of sp³-hybridized carbons (Fsp3) is 0.462. The topological polar surface area (TPSA) is 74.8 Å². The van der Waals surface area contributed by atoms with Crippen LogP contribution in [0.2, 0.25) is 0 Å². The van der Waals surface area contributed by atoms with Gasteiger partial charge in [-0.3, -0.25) is 4.79 Å². The van der Waals surface area contributed by atoms with E-state index in [2.05, 4.69) is 41.1 Å². The Kier molecular flexibility index (Phi) is 6.98. The Morgan fingerprint density at radius 2 is 1.84 bits per heavy atom. The van der Waals surface area contributed by atoms with Crippen LogP contribution in [0.5, 0.6) is 5.75 Å². The third-order valence-electron chi connectivity index (χ3n) is 6.31. The molecule has 6 heteroatoms. The van der Waals surface area contributed by atoms with E-state index in [1.165, 1.54) is 18.4 Å². The Morgan fingerprint density at radius 1 is 1.06 bits per heavy atom. The Labute approximate surface area is 190 Å². The summed E-state index contributed by atoms with van der Waals surface area (Å²) in [7, 11) is 0. The number of carbonyl (C=O) groups is 1. The number of hydrogen-bond donors (Lipinski definition) is 3. The lowest BCUT2D eigenvalue weighted by Gasteiger charge is -2.40. The smallest absolute Gasteiger partial charge is 0.251 e. The number of para-hydroxylation sites is 1. The van der Waals surface area contributed by atoms with Gasteiger partial charge in [0.15, 0.2) is 5.96 Å². The highest BCUT2D eigenvalue weighted by molar-refractivity contribution is 5.94. The Balaban J connectivity index is 1.52. The molecule has 32 heavy (non-hydrogen) atoms. The number of aliphatic imine (C=N–C) groups is 1. The maximum atomic E-state index is 12.2. The van der Waals surface area contributed by atoms with Crippen molar-refractivity contribution in [1.82, 2.24) is 16.0 Å². The predicted octanol–water partition coefficient (Wildman–Crippen LogP) is 4.33. The molecule has 2 aliphatic rings. The van der Waals surface area contributed by atoms with Crippen molar-refractivity contribution < 1.29 is 9.53 Å². The fourth-order valence-corrected chi connectivity index (χ4v) is 4.80. The molecule has 1 unspecified atom stereocenters. The number of ether oxygens (including phenoxy) is 1. The van der Waals surface area contributed by atoms with E-state index in [1.807, 2.05) is 37.3 Å². The monoisotopic (exact) mass is 434 g/mol. The van der Waals surface area contributed by atoms with Crippen LogP contribution >= 0.6 is 0 Å². The van der Waals surface area contributed by atoms with Gasteiger partial charge in [-0.15, -0.1) is 0 Å². The van der Waals surface area contributed by atoms with Gasteiger partial charge >= 0.3 is 0 Å². The second-order valence-electron chi connectivity index (χ2n) is 8.69. The minimum Gasteiger partial charge on any atom is -0.487 e. The van der Waals surface area contributed by atoms with Crippen LogP contribution in [0.4, 0.5) is 0 Å². The molecule has 1 atom stereocenters. The number of nitrogens with zero attached hydrogens (tertiary/aromatic N) is 1. The summed E-state index contributed by atoms with van der Waals surface area (Å²) in [5.74, 6) is 1.72. The molecule has 2 aromatic rings. The van der Waals surface area contributed by atoms with Crippen LogP contribution in [0.1, 0.15) is 73.5 Å². The van der Waals surface area contributed by atoms with Crippen LogP contribution in [0, 0.1) is 0 Å². The molecule has 1 heterocycles. The first-order valence-electron chi connectivity index (χ1n) is 11.8. The van der Waals surface area contributed by atoms with Crippen LogP contribution in [0.15, 0.2) is 53.5 Å². The van der Waals surface area contributed by atoms with E-state index in [4.69, 9.17) is 9.73 Å². The number of nitrogens with one attached hydrogen (secondary N) is 3. The second-order valence-corrected chi connectivity index (χ2v) is 8.69. The van der Waals surface area contributed by atoms with Gasteiger partial charge in [0.2, 0.25) is 0 Å². The summed E-state index contributed by atoms with van der Waals surface area (Å²) in [6.45, 7) is 5.89. The number of guanidine groups is 1. The van der Waals surface area contributed by atoms with E-state index >= 15 is 0 Å². The molecule has 1 saturated carbocycles. The van der Waals surface area contributed by atoms with Crippen molar-refractivity contribution in [2.45, 2.75) is 64.1 Å². The lowest BCUT2D eigenvalue weighted by molar-refractivity contribution is 0.0396. The van der Waals surface area contributed by atoms with Gasteiger partial charge in [-0.25, -0.2) is 4.99 Å².